The number of carbonyl (C=O) groups is 3. The number of rotatable bonds is 6. The van der Waals surface area contributed by atoms with Gasteiger partial charge in [0.1, 0.15) is 0 Å². The number of amides is 3. The van der Waals surface area contributed by atoms with Crippen LogP contribution in [0, 0.1) is 0 Å². The highest BCUT2D eigenvalue weighted by molar-refractivity contribution is 7.18. The number of hydrogen-bond donors (Lipinski definition) is 2. The third-order valence-corrected chi connectivity index (χ3v) is 4.61. The molecule has 7 nitrogen and oxygen atoms in total. The van der Waals surface area contributed by atoms with Crippen molar-refractivity contribution in [2.45, 2.75) is 58.6 Å². The summed E-state index contributed by atoms with van der Waals surface area (Å²) in [4.78, 5) is 40.0. The van der Waals surface area contributed by atoms with Crippen LogP contribution in [0.4, 0.5) is 4.79 Å². The van der Waals surface area contributed by atoms with Gasteiger partial charge in [-0.25, -0.2) is 9.78 Å². The van der Waals surface area contributed by atoms with E-state index >= 15 is 0 Å². The number of urea groups is 1. The fraction of sp³-hybridized carbons (Fsp3) is 0.474. The predicted octanol–water partition coefficient (Wildman–Crippen LogP) is 3.18. The van der Waals surface area contributed by atoms with Gasteiger partial charge in [-0.05, 0) is 52.7 Å². The van der Waals surface area contributed by atoms with Crippen LogP contribution < -0.4 is 10.6 Å². The Morgan fingerprint density at radius 3 is 2.59 bits per heavy atom. The van der Waals surface area contributed by atoms with Crippen molar-refractivity contribution in [1.82, 2.24) is 15.6 Å². The number of imide groups is 1. The fourth-order valence-electron chi connectivity index (χ4n) is 2.31. The average Bonchev–Trinajstić information content (AvgIpc) is 2.95. The van der Waals surface area contributed by atoms with Crippen LogP contribution in [0.25, 0.3) is 10.2 Å². The van der Waals surface area contributed by atoms with Crippen molar-refractivity contribution in [3.05, 3.63) is 29.3 Å². The summed E-state index contributed by atoms with van der Waals surface area (Å²) in [5.74, 6) is -1.13. The quantitative estimate of drug-likeness (QED) is 0.737. The maximum absolute atomic E-state index is 11.9. The molecule has 0 saturated carbocycles. The van der Waals surface area contributed by atoms with E-state index in [-0.39, 0.29) is 6.42 Å². The van der Waals surface area contributed by atoms with Crippen molar-refractivity contribution in [3.63, 3.8) is 0 Å². The molecule has 0 radical (unpaired) electrons. The van der Waals surface area contributed by atoms with Gasteiger partial charge in [-0.1, -0.05) is 12.1 Å². The first-order chi connectivity index (χ1) is 12.6. The van der Waals surface area contributed by atoms with E-state index in [0.717, 1.165) is 15.2 Å². The Kier molecular flexibility index (Phi) is 6.90. The molecule has 2 rings (SSSR count). The Balaban J connectivity index is 1.72. The summed E-state index contributed by atoms with van der Waals surface area (Å²) >= 11 is 1.61. The first-order valence-corrected chi connectivity index (χ1v) is 9.62. The van der Waals surface area contributed by atoms with E-state index in [1.54, 1.807) is 32.1 Å². The van der Waals surface area contributed by atoms with Crippen LogP contribution in [0.1, 0.15) is 45.5 Å². The molecule has 0 spiro atoms. The number of benzene rings is 1. The standard InChI is InChI=1S/C19H25N3O4S/c1-12(17(24)21-18(25)22-19(2,3)4)26-16(23)11-7-10-15-20-13-8-5-6-9-14(13)27-15/h5-6,8-9,12H,7,10-11H2,1-4H3,(H2,21,22,24,25). The Hall–Kier alpha value is -2.48. The van der Waals surface area contributed by atoms with Crippen molar-refractivity contribution in [2.75, 3.05) is 0 Å². The van der Waals surface area contributed by atoms with Gasteiger partial charge in [0.2, 0.25) is 0 Å². The van der Waals surface area contributed by atoms with E-state index in [2.05, 4.69) is 15.6 Å². The summed E-state index contributed by atoms with van der Waals surface area (Å²) in [6, 6.07) is 7.26. The molecule has 146 valence electrons. The molecule has 0 fully saturated rings. The lowest BCUT2D eigenvalue weighted by Crippen LogP contribution is -2.50. The molecule has 0 aliphatic rings. The van der Waals surface area contributed by atoms with Gasteiger partial charge in [0.05, 0.1) is 15.2 Å². The lowest BCUT2D eigenvalue weighted by Gasteiger charge is -2.21. The molecule has 1 heterocycles. The Labute approximate surface area is 162 Å². The summed E-state index contributed by atoms with van der Waals surface area (Å²) in [6.45, 7) is 6.83. The van der Waals surface area contributed by atoms with Crippen molar-refractivity contribution in [1.29, 1.82) is 0 Å². The number of aryl methyl sites for hydroxylation is 1. The molecule has 3 amide bonds. The van der Waals surface area contributed by atoms with Gasteiger partial charge in [-0.15, -0.1) is 11.3 Å². The minimum atomic E-state index is -1.04. The molecule has 0 saturated heterocycles. The van der Waals surface area contributed by atoms with Crippen LogP contribution in [0.15, 0.2) is 24.3 Å². The third-order valence-electron chi connectivity index (χ3n) is 3.51. The Bertz CT molecular complexity index is 793. The summed E-state index contributed by atoms with van der Waals surface area (Å²) in [6.07, 6.45) is 0.396. The fourth-order valence-corrected chi connectivity index (χ4v) is 3.31. The van der Waals surface area contributed by atoms with Crippen LogP contribution >= 0.6 is 11.3 Å². The largest absolute Gasteiger partial charge is 0.453 e. The van der Waals surface area contributed by atoms with Gasteiger partial charge < -0.3 is 10.1 Å². The topological polar surface area (TPSA) is 97.4 Å². The molecule has 1 atom stereocenters. The highest BCUT2D eigenvalue weighted by atomic mass is 32.1. The molecule has 1 aromatic carbocycles. The van der Waals surface area contributed by atoms with Crippen LogP contribution in [0.3, 0.4) is 0 Å². The van der Waals surface area contributed by atoms with Gasteiger partial charge in [-0.3, -0.25) is 14.9 Å². The lowest BCUT2D eigenvalue weighted by atomic mass is 10.1. The minimum absolute atomic E-state index is 0.182. The van der Waals surface area contributed by atoms with E-state index in [1.807, 2.05) is 24.3 Å². The number of ether oxygens (including phenoxy) is 1. The predicted molar refractivity (Wildman–Crippen MR) is 105 cm³/mol. The smallest absolute Gasteiger partial charge is 0.321 e. The van der Waals surface area contributed by atoms with Gasteiger partial charge in [0.25, 0.3) is 5.91 Å². The molecule has 0 bridgehead atoms. The molecule has 1 aromatic heterocycles. The lowest BCUT2D eigenvalue weighted by molar-refractivity contribution is -0.154. The van der Waals surface area contributed by atoms with Gasteiger partial charge >= 0.3 is 12.0 Å². The molecular weight excluding hydrogens is 366 g/mol. The maximum Gasteiger partial charge on any atom is 0.321 e. The molecule has 0 aliphatic carbocycles. The third kappa shape index (κ3) is 6.97. The second kappa shape index (κ2) is 8.94. The molecule has 1 unspecified atom stereocenters. The molecule has 2 N–H and O–H groups in total. The van der Waals surface area contributed by atoms with Crippen LogP contribution in [0.5, 0.6) is 0 Å². The second-order valence-electron chi connectivity index (χ2n) is 7.25. The number of esters is 1. The number of para-hydroxylation sites is 1. The summed E-state index contributed by atoms with van der Waals surface area (Å²) < 4.78 is 6.21. The summed E-state index contributed by atoms with van der Waals surface area (Å²) in [5.41, 5.74) is 0.490. The van der Waals surface area contributed by atoms with Crippen molar-refractivity contribution < 1.29 is 19.1 Å². The molecule has 27 heavy (non-hydrogen) atoms. The summed E-state index contributed by atoms with van der Waals surface area (Å²) in [7, 11) is 0. The SMILES string of the molecule is CC(OC(=O)CCCc1nc2ccccc2s1)C(=O)NC(=O)NC(C)(C)C. The summed E-state index contributed by atoms with van der Waals surface area (Å²) in [5, 5.41) is 5.73. The monoisotopic (exact) mass is 391 g/mol. The average molecular weight is 391 g/mol. The zero-order valence-electron chi connectivity index (χ0n) is 16.0. The van der Waals surface area contributed by atoms with Crippen molar-refractivity contribution >= 4 is 39.5 Å². The first kappa shape index (κ1) is 20.8. The number of nitrogens with zero attached hydrogens (tertiary/aromatic N) is 1. The minimum Gasteiger partial charge on any atom is -0.453 e. The highest BCUT2D eigenvalue weighted by Crippen LogP contribution is 2.22. The number of thiazole rings is 1. The van der Waals surface area contributed by atoms with E-state index in [4.69, 9.17) is 4.74 Å². The van der Waals surface area contributed by atoms with E-state index < -0.39 is 29.6 Å². The van der Waals surface area contributed by atoms with Gasteiger partial charge in [0.15, 0.2) is 6.10 Å². The van der Waals surface area contributed by atoms with E-state index in [9.17, 15) is 14.4 Å². The number of carbonyl (C=O) groups excluding carboxylic acids is 3. The normalized spacial score (nSPS) is 12.4. The van der Waals surface area contributed by atoms with Crippen LogP contribution in [0.2, 0.25) is 0 Å². The number of fused-ring (bicyclic) bond motifs is 1. The van der Waals surface area contributed by atoms with Gasteiger partial charge in [-0.2, -0.15) is 0 Å². The Morgan fingerprint density at radius 2 is 1.93 bits per heavy atom. The van der Waals surface area contributed by atoms with E-state index in [1.165, 1.54) is 6.92 Å². The Morgan fingerprint density at radius 1 is 1.22 bits per heavy atom. The highest BCUT2D eigenvalue weighted by Gasteiger charge is 2.22. The van der Waals surface area contributed by atoms with Crippen molar-refractivity contribution in [3.8, 4) is 0 Å². The van der Waals surface area contributed by atoms with E-state index in [0.29, 0.717) is 12.8 Å². The number of hydrogen-bond acceptors (Lipinski definition) is 6. The van der Waals surface area contributed by atoms with Crippen LogP contribution in [-0.2, 0) is 20.7 Å². The number of aromatic nitrogens is 1. The molecular formula is C19H25N3O4S. The maximum atomic E-state index is 11.9. The second-order valence-corrected chi connectivity index (χ2v) is 8.37. The van der Waals surface area contributed by atoms with Crippen LogP contribution in [-0.4, -0.2) is 34.5 Å². The molecule has 0 aliphatic heterocycles. The van der Waals surface area contributed by atoms with Crippen molar-refractivity contribution in [2.24, 2.45) is 0 Å². The zero-order chi connectivity index (χ0) is 20.0. The molecule has 2 aromatic rings. The first-order valence-electron chi connectivity index (χ1n) is 8.81. The molecule has 8 heteroatoms. The number of nitrogens with one attached hydrogen (secondary N) is 2. The van der Waals surface area contributed by atoms with Gasteiger partial charge in [0, 0.05) is 12.0 Å². The zero-order valence-corrected chi connectivity index (χ0v) is 16.8.